The molecule has 4 rings (SSSR count). The molecular weight excluding hydrogens is 464 g/mol. The molecule has 1 aliphatic rings. The van der Waals surface area contributed by atoms with Crippen LogP contribution < -0.4 is 10.9 Å². The van der Waals surface area contributed by atoms with Crippen molar-refractivity contribution in [2.75, 3.05) is 5.32 Å². The van der Waals surface area contributed by atoms with E-state index < -0.39 is 10.2 Å². The summed E-state index contributed by atoms with van der Waals surface area (Å²) in [7, 11) is 0. The Bertz CT molecular complexity index is 1270. The van der Waals surface area contributed by atoms with Gasteiger partial charge < -0.3 is 5.32 Å². The van der Waals surface area contributed by atoms with E-state index in [0.717, 1.165) is 32.1 Å². The maximum absolute atomic E-state index is 13.4. The number of amides is 1. The minimum atomic E-state index is -0.622. The van der Waals surface area contributed by atoms with Gasteiger partial charge in [-0.05, 0) is 38.0 Å². The third kappa shape index (κ3) is 5.04. The maximum Gasteiger partial charge on any atom is 0.271 e. The highest BCUT2D eigenvalue weighted by atomic mass is 35.5. The van der Waals surface area contributed by atoms with Crippen LogP contribution in [0.2, 0.25) is 5.02 Å². The van der Waals surface area contributed by atoms with Crippen molar-refractivity contribution in [1.29, 1.82) is 0 Å². The van der Waals surface area contributed by atoms with Crippen LogP contribution >= 0.6 is 23.4 Å². The van der Waals surface area contributed by atoms with Gasteiger partial charge in [0.2, 0.25) is 5.91 Å². The number of hydrogen-bond acceptors (Lipinski definition) is 6. The summed E-state index contributed by atoms with van der Waals surface area (Å²) in [6.45, 7) is 1.71. The summed E-state index contributed by atoms with van der Waals surface area (Å²) >= 11 is 7.32. The average Bonchev–Trinajstić information content (AvgIpc) is 2.81. The zero-order valence-electron chi connectivity index (χ0n) is 18.0. The number of rotatable bonds is 6. The molecule has 1 N–H and O–H groups in total. The van der Waals surface area contributed by atoms with Gasteiger partial charge in [0.15, 0.2) is 5.16 Å². The van der Waals surface area contributed by atoms with Crippen molar-refractivity contribution in [3.05, 3.63) is 68.0 Å². The first kappa shape index (κ1) is 23.3. The number of hydrogen-bond donors (Lipinski definition) is 1. The second-order valence-electron chi connectivity index (χ2n) is 8.05. The van der Waals surface area contributed by atoms with Crippen molar-refractivity contribution in [1.82, 2.24) is 9.55 Å². The predicted molar refractivity (Wildman–Crippen MR) is 130 cm³/mol. The number of halogens is 1. The highest BCUT2D eigenvalue weighted by Crippen LogP contribution is 2.33. The van der Waals surface area contributed by atoms with Crippen LogP contribution in [0, 0.1) is 10.1 Å². The maximum atomic E-state index is 13.4. The fourth-order valence-corrected chi connectivity index (χ4v) is 5.18. The first-order chi connectivity index (χ1) is 15.8. The molecule has 1 atom stereocenters. The van der Waals surface area contributed by atoms with Crippen molar-refractivity contribution in [3.63, 3.8) is 0 Å². The Kier molecular flexibility index (Phi) is 6.99. The fourth-order valence-electron chi connectivity index (χ4n) is 4.04. The number of carbonyl (C=O) groups excluding carboxylic acids is 1. The molecule has 1 amide bonds. The van der Waals surface area contributed by atoms with Gasteiger partial charge in [-0.1, -0.05) is 54.8 Å². The molecule has 1 aromatic heterocycles. The van der Waals surface area contributed by atoms with Gasteiger partial charge in [0, 0.05) is 18.2 Å². The average molecular weight is 487 g/mol. The third-order valence-electron chi connectivity index (χ3n) is 5.79. The smallest absolute Gasteiger partial charge is 0.271 e. The molecule has 33 heavy (non-hydrogen) atoms. The fraction of sp³-hybridized carbons (Fsp3) is 0.348. The summed E-state index contributed by atoms with van der Waals surface area (Å²) in [6.07, 6.45) is 5.05. The van der Waals surface area contributed by atoms with Gasteiger partial charge in [-0.15, -0.1) is 0 Å². The molecule has 1 fully saturated rings. The number of fused-ring (bicyclic) bond motifs is 1. The molecule has 3 aromatic rings. The molecule has 1 saturated carbocycles. The van der Waals surface area contributed by atoms with Crippen molar-refractivity contribution in [2.24, 2.45) is 0 Å². The number of nitrogens with zero attached hydrogens (tertiary/aromatic N) is 3. The van der Waals surface area contributed by atoms with Gasteiger partial charge in [-0.2, -0.15) is 0 Å². The Morgan fingerprint density at radius 3 is 2.70 bits per heavy atom. The van der Waals surface area contributed by atoms with Crippen LogP contribution in [0.3, 0.4) is 0 Å². The number of carbonyl (C=O) groups is 1. The predicted octanol–water partition coefficient (Wildman–Crippen LogP) is 5.58. The quantitative estimate of drug-likeness (QED) is 0.211. The minimum Gasteiger partial charge on any atom is -0.324 e. The second-order valence-corrected chi connectivity index (χ2v) is 9.76. The molecule has 1 heterocycles. The normalized spacial score (nSPS) is 15.3. The van der Waals surface area contributed by atoms with Crippen LogP contribution in [0.4, 0.5) is 11.4 Å². The number of benzene rings is 2. The molecule has 8 nitrogen and oxygen atoms in total. The molecule has 2 aromatic carbocycles. The molecule has 0 aliphatic heterocycles. The Balaban J connectivity index is 1.64. The van der Waals surface area contributed by atoms with E-state index in [0.29, 0.717) is 16.1 Å². The molecule has 172 valence electrons. The number of para-hydroxylation sites is 1. The lowest BCUT2D eigenvalue weighted by atomic mass is 9.95. The summed E-state index contributed by atoms with van der Waals surface area (Å²) in [5.41, 5.74) is 0.493. The van der Waals surface area contributed by atoms with Crippen molar-refractivity contribution < 1.29 is 9.72 Å². The summed E-state index contributed by atoms with van der Waals surface area (Å²) in [4.78, 5) is 41.5. The Hall–Kier alpha value is -2.91. The number of thioether (sulfide) groups is 1. The topological polar surface area (TPSA) is 107 Å². The van der Waals surface area contributed by atoms with E-state index in [9.17, 15) is 19.7 Å². The minimum absolute atomic E-state index is 0.0485. The Labute approximate surface area is 199 Å². The highest BCUT2D eigenvalue weighted by Gasteiger charge is 2.25. The SMILES string of the molecule is CC(Sc1nc2ccccc2c(=O)n1C1CCCCC1)C(=O)Nc1cc([N+](=O)[O-])ccc1Cl. The van der Waals surface area contributed by atoms with E-state index in [4.69, 9.17) is 16.6 Å². The zero-order chi connectivity index (χ0) is 23.5. The highest BCUT2D eigenvalue weighted by molar-refractivity contribution is 8.00. The largest absolute Gasteiger partial charge is 0.324 e. The lowest BCUT2D eigenvalue weighted by Crippen LogP contribution is -2.30. The Morgan fingerprint density at radius 2 is 1.97 bits per heavy atom. The number of nitrogens with one attached hydrogen (secondary N) is 1. The van der Waals surface area contributed by atoms with Crippen LogP contribution in [-0.4, -0.2) is 25.6 Å². The number of aromatic nitrogens is 2. The van der Waals surface area contributed by atoms with Crippen LogP contribution in [0.1, 0.15) is 45.1 Å². The summed E-state index contributed by atoms with van der Waals surface area (Å²) in [6, 6.07) is 11.1. The van der Waals surface area contributed by atoms with Crippen molar-refractivity contribution in [2.45, 2.75) is 55.5 Å². The summed E-state index contributed by atoms with van der Waals surface area (Å²) < 4.78 is 1.75. The molecule has 0 radical (unpaired) electrons. The van der Waals surface area contributed by atoms with Gasteiger partial charge in [-0.3, -0.25) is 24.3 Å². The molecule has 10 heteroatoms. The van der Waals surface area contributed by atoms with Crippen molar-refractivity contribution in [3.8, 4) is 0 Å². The number of anilines is 1. The van der Waals surface area contributed by atoms with Gasteiger partial charge in [-0.25, -0.2) is 4.98 Å². The molecule has 0 saturated heterocycles. The van der Waals surface area contributed by atoms with E-state index in [1.165, 1.54) is 30.0 Å². The van der Waals surface area contributed by atoms with Gasteiger partial charge >= 0.3 is 0 Å². The number of non-ortho nitro benzene ring substituents is 1. The lowest BCUT2D eigenvalue weighted by Gasteiger charge is -2.26. The number of nitro benzene ring substituents is 1. The van der Waals surface area contributed by atoms with Crippen LogP contribution in [-0.2, 0) is 4.79 Å². The Morgan fingerprint density at radius 1 is 1.24 bits per heavy atom. The molecule has 0 bridgehead atoms. The van der Waals surface area contributed by atoms with E-state index in [1.807, 2.05) is 12.1 Å². The summed E-state index contributed by atoms with van der Waals surface area (Å²) in [5, 5.41) is 14.4. The van der Waals surface area contributed by atoms with E-state index >= 15 is 0 Å². The van der Waals surface area contributed by atoms with E-state index in [1.54, 1.807) is 23.6 Å². The standard InChI is InChI=1S/C23H23ClN4O4S/c1-14(21(29)25-20-13-16(28(31)32)11-12-18(20)24)33-23-26-19-10-6-5-9-17(19)22(30)27(23)15-7-3-2-4-8-15/h5-6,9-15H,2-4,7-8H2,1H3,(H,25,29). The second kappa shape index (κ2) is 9.93. The van der Waals surface area contributed by atoms with Crippen LogP contribution in [0.15, 0.2) is 52.4 Å². The zero-order valence-corrected chi connectivity index (χ0v) is 19.6. The molecule has 1 unspecified atom stereocenters. The lowest BCUT2D eigenvalue weighted by molar-refractivity contribution is -0.384. The van der Waals surface area contributed by atoms with E-state index in [-0.39, 0.29) is 33.9 Å². The molecule has 0 spiro atoms. The monoisotopic (exact) mass is 486 g/mol. The van der Waals surface area contributed by atoms with Gasteiger partial charge in [0.05, 0.1) is 31.8 Å². The van der Waals surface area contributed by atoms with Crippen LogP contribution in [0.25, 0.3) is 10.9 Å². The first-order valence-corrected chi connectivity index (χ1v) is 12.0. The van der Waals surface area contributed by atoms with E-state index in [2.05, 4.69) is 5.32 Å². The number of nitro groups is 1. The third-order valence-corrected chi connectivity index (χ3v) is 7.18. The van der Waals surface area contributed by atoms with Gasteiger partial charge in [0.25, 0.3) is 11.2 Å². The van der Waals surface area contributed by atoms with Crippen molar-refractivity contribution >= 4 is 51.5 Å². The molecule has 1 aliphatic carbocycles. The first-order valence-electron chi connectivity index (χ1n) is 10.8. The van der Waals surface area contributed by atoms with Crippen LogP contribution in [0.5, 0.6) is 0 Å². The summed E-state index contributed by atoms with van der Waals surface area (Å²) in [5.74, 6) is -0.389. The molecular formula is C23H23ClN4O4S. The van der Waals surface area contributed by atoms with Gasteiger partial charge in [0.1, 0.15) is 0 Å².